The van der Waals surface area contributed by atoms with Crippen LogP contribution in [0.15, 0.2) is 30.3 Å². The number of hydrogen-bond acceptors (Lipinski definition) is 3. The lowest BCUT2D eigenvalue weighted by atomic mass is 10.0. The Labute approximate surface area is 114 Å². The number of carbonyl (C=O) groups is 2. The monoisotopic (exact) mass is 311 g/mol. The largest absolute Gasteiger partial charge is 0.362 e. The van der Waals surface area contributed by atoms with Gasteiger partial charge in [0.25, 0.3) is 11.8 Å². The van der Waals surface area contributed by atoms with Crippen molar-refractivity contribution in [1.82, 2.24) is 4.90 Å². The first-order valence-corrected chi connectivity index (χ1v) is 6.86. The summed E-state index contributed by atoms with van der Waals surface area (Å²) in [5.74, 6) is -0.404. The maximum absolute atomic E-state index is 11.7. The molecule has 2 amide bonds. The van der Waals surface area contributed by atoms with Crippen LogP contribution in [0.2, 0.25) is 0 Å². The van der Waals surface area contributed by atoms with Crippen LogP contribution in [0.3, 0.4) is 0 Å². The molecule has 1 atom stereocenters. The molecule has 1 unspecified atom stereocenters. The minimum absolute atomic E-state index is 0.00443. The minimum Gasteiger partial charge on any atom is -0.362 e. The van der Waals surface area contributed by atoms with E-state index in [2.05, 4.69) is 15.9 Å². The first-order valence-electron chi connectivity index (χ1n) is 5.74. The van der Waals surface area contributed by atoms with Crippen molar-refractivity contribution in [2.75, 3.05) is 25.1 Å². The molecule has 0 saturated carbocycles. The average molecular weight is 312 g/mol. The molecular formula is C13H14BrNO3. The van der Waals surface area contributed by atoms with Gasteiger partial charge in [0, 0.05) is 17.8 Å². The van der Waals surface area contributed by atoms with Crippen molar-refractivity contribution in [3.05, 3.63) is 35.9 Å². The molecule has 1 heterocycles. The van der Waals surface area contributed by atoms with Crippen LogP contribution in [0.5, 0.6) is 0 Å². The van der Waals surface area contributed by atoms with Crippen molar-refractivity contribution < 1.29 is 14.3 Å². The Hall–Kier alpha value is -1.20. The molecule has 4 nitrogen and oxygen atoms in total. The Morgan fingerprint density at radius 2 is 1.78 bits per heavy atom. The van der Waals surface area contributed by atoms with Crippen molar-refractivity contribution in [1.29, 1.82) is 0 Å². The molecule has 1 aromatic rings. The van der Waals surface area contributed by atoms with E-state index in [0.717, 1.165) is 5.56 Å². The number of rotatable bonds is 4. The summed E-state index contributed by atoms with van der Waals surface area (Å²) in [5, 5.41) is 0.703. The molecule has 1 saturated heterocycles. The van der Waals surface area contributed by atoms with Gasteiger partial charge in [-0.3, -0.25) is 14.5 Å². The maximum atomic E-state index is 11.7. The van der Waals surface area contributed by atoms with E-state index in [4.69, 9.17) is 4.74 Å². The molecule has 1 fully saturated rings. The van der Waals surface area contributed by atoms with E-state index in [0.29, 0.717) is 11.9 Å². The van der Waals surface area contributed by atoms with E-state index in [1.165, 1.54) is 4.90 Å². The van der Waals surface area contributed by atoms with E-state index < -0.39 is 0 Å². The highest BCUT2D eigenvalue weighted by Crippen LogP contribution is 2.20. The number of nitrogens with zero attached hydrogens (tertiary/aromatic N) is 1. The van der Waals surface area contributed by atoms with Crippen LogP contribution >= 0.6 is 15.9 Å². The second-order valence-corrected chi connectivity index (χ2v) is 4.80. The maximum Gasteiger partial charge on any atom is 0.255 e. The van der Waals surface area contributed by atoms with Crippen molar-refractivity contribution in [3.63, 3.8) is 0 Å². The zero-order valence-electron chi connectivity index (χ0n) is 9.84. The topological polar surface area (TPSA) is 46.6 Å². The highest BCUT2D eigenvalue weighted by atomic mass is 79.9. The third kappa shape index (κ3) is 2.97. The standard InChI is InChI=1S/C13H14BrNO3/c14-6-11(10-4-2-1-3-5-10)7-15-12(16)8-18-9-13(15)17/h1-5,11H,6-9H2. The predicted octanol–water partition coefficient (Wildman–Crippen LogP) is 1.55. The summed E-state index contributed by atoms with van der Waals surface area (Å²) in [7, 11) is 0. The van der Waals surface area contributed by atoms with Gasteiger partial charge in [-0.25, -0.2) is 0 Å². The molecule has 0 N–H and O–H groups in total. The zero-order valence-corrected chi connectivity index (χ0v) is 11.4. The third-order valence-corrected chi connectivity index (χ3v) is 3.69. The number of ether oxygens (including phenoxy) is 1. The highest BCUT2D eigenvalue weighted by Gasteiger charge is 2.29. The molecule has 0 aliphatic carbocycles. The van der Waals surface area contributed by atoms with Crippen LogP contribution in [0.1, 0.15) is 11.5 Å². The van der Waals surface area contributed by atoms with Gasteiger partial charge >= 0.3 is 0 Å². The lowest BCUT2D eigenvalue weighted by molar-refractivity contribution is -0.158. The normalized spacial score (nSPS) is 17.9. The van der Waals surface area contributed by atoms with Crippen LogP contribution < -0.4 is 0 Å². The quantitative estimate of drug-likeness (QED) is 0.626. The first-order chi connectivity index (χ1) is 8.72. The van der Waals surface area contributed by atoms with Gasteiger partial charge in [-0.2, -0.15) is 0 Å². The first kappa shape index (κ1) is 13.2. The van der Waals surface area contributed by atoms with E-state index >= 15 is 0 Å². The van der Waals surface area contributed by atoms with Crippen LogP contribution in [-0.4, -0.2) is 41.8 Å². The molecule has 1 aliphatic heterocycles. The number of imide groups is 1. The number of hydrogen-bond donors (Lipinski definition) is 0. The fourth-order valence-electron chi connectivity index (χ4n) is 1.91. The summed E-state index contributed by atoms with van der Waals surface area (Å²) in [5.41, 5.74) is 1.11. The number of morpholine rings is 1. The molecule has 5 heteroatoms. The van der Waals surface area contributed by atoms with Gasteiger partial charge in [0.05, 0.1) is 0 Å². The summed E-state index contributed by atoms with van der Waals surface area (Å²) in [6.45, 7) is 0.390. The molecule has 0 radical (unpaired) electrons. The second kappa shape index (κ2) is 6.11. The molecule has 2 rings (SSSR count). The van der Waals surface area contributed by atoms with Crippen molar-refractivity contribution in [2.24, 2.45) is 0 Å². The zero-order chi connectivity index (χ0) is 13.0. The Morgan fingerprint density at radius 1 is 1.17 bits per heavy atom. The van der Waals surface area contributed by atoms with Gasteiger partial charge in [-0.05, 0) is 5.56 Å². The Kier molecular flexibility index (Phi) is 4.49. The van der Waals surface area contributed by atoms with Gasteiger partial charge < -0.3 is 4.74 Å². The summed E-state index contributed by atoms with van der Waals surface area (Å²) < 4.78 is 4.89. The third-order valence-electron chi connectivity index (χ3n) is 2.91. The minimum atomic E-state index is -0.256. The van der Waals surface area contributed by atoms with Gasteiger partial charge in [0.15, 0.2) is 0 Å². The summed E-state index contributed by atoms with van der Waals surface area (Å²) >= 11 is 3.44. The number of benzene rings is 1. The number of carbonyl (C=O) groups excluding carboxylic acids is 2. The molecule has 0 bridgehead atoms. The fourth-order valence-corrected chi connectivity index (χ4v) is 2.49. The smallest absolute Gasteiger partial charge is 0.255 e. The van der Waals surface area contributed by atoms with Crippen LogP contribution in [0.4, 0.5) is 0 Å². The van der Waals surface area contributed by atoms with Crippen LogP contribution in [-0.2, 0) is 14.3 Å². The highest BCUT2D eigenvalue weighted by molar-refractivity contribution is 9.09. The lowest BCUT2D eigenvalue weighted by Crippen LogP contribution is -2.48. The van der Waals surface area contributed by atoms with E-state index in [9.17, 15) is 9.59 Å². The van der Waals surface area contributed by atoms with Crippen molar-refractivity contribution in [3.8, 4) is 0 Å². The predicted molar refractivity (Wildman–Crippen MR) is 70.5 cm³/mol. The Balaban J connectivity index is 2.10. The molecule has 1 aromatic carbocycles. The van der Waals surface area contributed by atoms with E-state index in [1.807, 2.05) is 30.3 Å². The second-order valence-electron chi connectivity index (χ2n) is 4.15. The summed E-state index contributed by atoms with van der Waals surface area (Å²) in [4.78, 5) is 24.6. The molecule has 96 valence electrons. The van der Waals surface area contributed by atoms with Crippen molar-refractivity contribution >= 4 is 27.7 Å². The van der Waals surface area contributed by atoms with E-state index in [-0.39, 0.29) is 30.9 Å². The molecule has 0 spiro atoms. The summed E-state index contributed by atoms with van der Waals surface area (Å²) in [6, 6.07) is 9.85. The summed E-state index contributed by atoms with van der Waals surface area (Å²) in [6.07, 6.45) is 0. The van der Waals surface area contributed by atoms with Gasteiger partial charge in [-0.1, -0.05) is 46.3 Å². The molecule has 1 aliphatic rings. The molecule has 0 aromatic heterocycles. The van der Waals surface area contributed by atoms with Gasteiger partial charge in [-0.15, -0.1) is 0 Å². The number of alkyl halides is 1. The number of amides is 2. The Morgan fingerprint density at radius 3 is 2.33 bits per heavy atom. The van der Waals surface area contributed by atoms with Crippen LogP contribution in [0.25, 0.3) is 0 Å². The van der Waals surface area contributed by atoms with Gasteiger partial charge in [0.2, 0.25) is 0 Å². The molecular weight excluding hydrogens is 298 g/mol. The average Bonchev–Trinajstić information content (AvgIpc) is 2.40. The fraction of sp³-hybridized carbons (Fsp3) is 0.385. The number of halogens is 1. The van der Waals surface area contributed by atoms with Crippen molar-refractivity contribution in [2.45, 2.75) is 5.92 Å². The van der Waals surface area contributed by atoms with E-state index in [1.54, 1.807) is 0 Å². The molecule has 18 heavy (non-hydrogen) atoms. The Bertz CT molecular complexity index is 419. The van der Waals surface area contributed by atoms with Gasteiger partial charge in [0.1, 0.15) is 13.2 Å². The van der Waals surface area contributed by atoms with Crippen LogP contribution in [0, 0.1) is 0 Å². The SMILES string of the molecule is O=C1COCC(=O)N1CC(CBr)c1ccccc1. The lowest BCUT2D eigenvalue weighted by Gasteiger charge is -2.28.